The lowest BCUT2D eigenvalue weighted by molar-refractivity contribution is 0.401. The minimum Gasteiger partial charge on any atom is -0.407 e. The average Bonchev–Trinajstić information content (AvgIpc) is 2.57. The van der Waals surface area contributed by atoms with Crippen molar-refractivity contribution in [1.29, 1.82) is 5.26 Å². The highest BCUT2D eigenvalue weighted by atomic mass is 127. The van der Waals surface area contributed by atoms with Crippen molar-refractivity contribution in [2.75, 3.05) is 4.92 Å². The summed E-state index contributed by atoms with van der Waals surface area (Å²) in [4.78, 5) is 0.877. The predicted octanol–water partition coefficient (Wildman–Crippen LogP) is 3.29. The number of azo groups is 1. The highest BCUT2D eigenvalue weighted by Crippen LogP contribution is 2.18. The maximum absolute atomic E-state index is 9.49. The molecule has 10 heteroatoms. The van der Waals surface area contributed by atoms with Crippen LogP contribution in [0.3, 0.4) is 0 Å². The number of anilines is 1. The molecule has 0 radical (unpaired) electrons. The van der Waals surface area contributed by atoms with E-state index in [0.29, 0.717) is 11.4 Å². The van der Waals surface area contributed by atoms with E-state index in [0.717, 1.165) is 12.1 Å². The number of halogens is 2. The lowest BCUT2D eigenvalue weighted by Crippen LogP contribution is -2.36. The summed E-state index contributed by atoms with van der Waals surface area (Å²) in [5.41, 5.74) is 0.964. The number of nitriles is 1. The Morgan fingerprint density at radius 1 is 1.00 bits per heavy atom. The molecule has 0 aliphatic carbocycles. The molecule has 0 unspecified atom stereocenters. The maximum atomic E-state index is 9.49. The van der Waals surface area contributed by atoms with Crippen molar-refractivity contribution in [2.24, 2.45) is 15.3 Å². The van der Waals surface area contributed by atoms with Crippen LogP contribution in [0.15, 0.2) is 63.9 Å². The topological polar surface area (TPSA) is 105 Å². The van der Waals surface area contributed by atoms with Crippen LogP contribution in [0, 0.1) is 18.5 Å². The average molecular weight is 545 g/mol. The number of amidine groups is 1. The molecule has 0 atom stereocenters. The normalized spacial score (nSPS) is 11.4. The molecule has 0 bridgehead atoms. The molecule has 0 aromatic heterocycles. The van der Waals surface area contributed by atoms with Crippen LogP contribution in [-0.2, 0) is 0 Å². The third-order valence-electron chi connectivity index (χ3n) is 2.70. The van der Waals surface area contributed by atoms with Crippen LogP contribution in [0.5, 0.6) is 0 Å². The van der Waals surface area contributed by atoms with Crippen LogP contribution >= 0.6 is 45.2 Å². The summed E-state index contributed by atoms with van der Waals surface area (Å²) >= 11 is 4.29. The third kappa shape index (κ3) is 5.51. The SMILES string of the molecule is N#C/C(N=Nc1ccc(I)cc1)=N\N(B(O)O)c1ccc(I)cc1. The Balaban J connectivity index is 2.27. The summed E-state index contributed by atoms with van der Waals surface area (Å²) in [6.45, 7) is 0. The molecule has 0 heterocycles. The van der Waals surface area contributed by atoms with Gasteiger partial charge in [0.05, 0.1) is 11.4 Å². The van der Waals surface area contributed by atoms with Crippen molar-refractivity contribution in [3.05, 3.63) is 55.7 Å². The first-order valence-electron chi connectivity index (χ1n) is 6.56. The molecule has 0 saturated heterocycles. The quantitative estimate of drug-likeness (QED) is 0.154. The molecule has 2 rings (SSSR count). The largest absolute Gasteiger partial charge is 0.609 e. The smallest absolute Gasteiger partial charge is 0.407 e. The van der Waals surface area contributed by atoms with Gasteiger partial charge in [0.25, 0.3) is 5.84 Å². The van der Waals surface area contributed by atoms with Crippen molar-refractivity contribution in [3.8, 4) is 6.07 Å². The van der Waals surface area contributed by atoms with E-state index in [1.54, 1.807) is 42.5 Å². The number of hydrazone groups is 1. The minimum atomic E-state index is -1.91. The van der Waals surface area contributed by atoms with Crippen LogP contribution in [-0.4, -0.2) is 23.1 Å². The van der Waals surface area contributed by atoms with E-state index in [1.165, 1.54) is 0 Å². The van der Waals surface area contributed by atoms with Crippen molar-refractivity contribution < 1.29 is 10.0 Å². The fourth-order valence-electron chi connectivity index (χ4n) is 1.62. The van der Waals surface area contributed by atoms with Gasteiger partial charge in [-0.05, 0) is 93.7 Å². The summed E-state index contributed by atoms with van der Waals surface area (Å²) < 4.78 is 2.03. The van der Waals surface area contributed by atoms with Gasteiger partial charge in [-0.25, -0.2) is 4.92 Å². The van der Waals surface area contributed by atoms with Gasteiger partial charge in [0.1, 0.15) is 6.07 Å². The Bertz CT molecular complexity index is 788. The fourth-order valence-corrected chi connectivity index (χ4v) is 2.34. The fraction of sp³-hybridized carbons (Fsp3) is 0. The van der Waals surface area contributed by atoms with Gasteiger partial charge in [0.2, 0.25) is 0 Å². The summed E-state index contributed by atoms with van der Waals surface area (Å²) in [5.74, 6) is -0.305. The highest BCUT2D eigenvalue weighted by molar-refractivity contribution is 14.1. The van der Waals surface area contributed by atoms with E-state index in [9.17, 15) is 10.0 Å². The molecule has 0 aliphatic rings. The number of benzene rings is 2. The standard InChI is InChI=1S/C14H10BI2N5O2/c16-10-1-5-12(6-2-10)19-20-14(9-18)21-22(15(23)24)13-7-3-11(17)4-8-13/h1-8,23-24H/b20-19?,21-14+. The van der Waals surface area contributed by atoms with Gasteiger partial charge in [-0.1, -0.05) is 0 Å². The molecule has 24 heavy (non-hydrogen) atoms. The van der Waals surface area contributed by atoms with E-state index in [1.807, 2.05) is 12.1 Å². The molecule has 7 nitrogen and oxygen atoms in total. The molecule has 2 N–H and O–H groups in total. The zero-order chi connectivity index (χ0) is 17.5. The van der Waals surface area contributed by atoms with Gasteiger partial charge in [0, 0.05) is 7.14 Å². The number of nitrogens with zero attached hydrogens (tertiary/aromatic N) is 5. The first-order chi connectivity index (χ1) is 11.5. The molecule has 2 aromatic carbocycles. The molecule has 0 fully saturated rings. The molecule has 120 valence electrons. The number of hydrogen-bond acceptors (Lipinski definition) is 6. The third-order valence-corrected chi connectivity index (χ3v) is 4.14. The second-order valence-corrected chi connectivity index (χ2v) is 6.87. The lowest BCUT2D eigenvalue weighted by Gasteiger charge is -2.17. The number of hydrogen-bond donors (Lipinski definition) is 2. The van der Waals surface area contributed by atoms with Gasteiger partial charge in [-0.2, -0.15) is 5.26 Å². The molecule has 0 aliphatic heterocycles. The Morgan fingerprint density at radius 2 is 1.54 bits per heavy atom. The van der Waals surface area contributed by atoms with Gasteiger partial charge in [0.15, 0.2) is 0 Å². The molecule has 0 amide bonds. The monoisotopic (exact) mass is 545 g/mol. The zero-order valence-electron chi connectivity index (χ0n) is 12.1. The van der Waals surface area contributed by atoms with Crippen molar-refractivity contribution in [3.63, 3.8) is 0 Å². The second kappa shape index (κ2) is 9.07. The second-order valence-electron chi connectivity index (χ2n) is 4.38. The molecule has 2 aromatic rings. The van der Waals surface area contributed by atoms with Crippen LogP contribution in [0.1, 0.15) is 0 Å². The Kier molecular flexibility index (Phi) is 7.09. The van der Waals surface area contributed by atoms with Crippen LogP contribution in [0.4, 0.5) is 11.4 Å². The van der Waals surface area contributed by atoms with Gasteiger partial charge in [-0.15, -0.1) is 15.3 Å². The summed E-state index contributed by atoms with van der Waals surface area (Å²) in [7, 11) is -1.91. The minimum absolute atomic E-state index is 0.305. The van der Waals surface area contributed by atoms with E-state index in [2.05, 4.69) is 60.5 Å². The van der Waals surface area contributed by atoms with Crippen molar-refractivity contribution >= 4 is 69.6 Å². The molecular formula is C14H10BI2N5O2. The molecule has 0 spiro atoms. The maximum Gasteiger partial charge on any atom is 0.609 e. The van der Waals surface area contributed by atoms with Crippen LogP contribution in [0.25, 0.3) is 0 Å². The Morgan fingerprint density at radius 3 is 2.04 bits per heavy atom. The summed E-state index contributed by atoms with van der Waals surface area (Å²) in [6.07, 6.45) is 0. The first-order valence-corrected chi connectivity index (χ1v) is 8.72. The van der Waals surface area contributed by atoms with Crippen molar-refractivity contribution in [2.45, 2.75) is 0 Å². The Hall–Kier alpha value is -1.56. The van der Waals surface area contributed by atoms with E-state index in [4.69, 9.17) is 5.26 Å². The molecular weight excluding hydrogens is 535 g/mol. The Labute approximate surface area is 166 Å². The van der Waals surface area contributed by atoms with E-state index < -0.39 is 7.25 Å². The summed E-state index contributed by atoms with van der Waals surface area (Å²) in [5, 5.41) is 39.6. The van der Waals surface area contributed by atoms with E-state index >= 15 is 0 Å². The van der Waals surface area contributed by atoms with Gasteiger partial charge < -0.3 is 10.0 Å². The first kappa shape index (κ1) is 18.8. The highest BCUT2D eigenvalue weighted by Gasteiger charge is 2.22. The van der Waals surface area contributed by atoms with Crippen LogP contribution in [0.2, 0.25) is 0 Å². The lowest BCUT2D eigenvalue weighted by atomic mass is 10.1. The predicted molar refractivity (Wildman–Crippen MR) is 109 cm³/mol. The summed E-state index contributed by atoms with van der Waals surface area (Å²) in [6, 6.07) is 15.8. The zero-order valence-corrected chi connectivity index (χ0v) is 16.4. The van der Waals surface area contributed by atoms with Crippen LogP contribution < -0.4 is 4.92 Å². The molecule has 0 saturated carbocycles. The van der Waals surface area contributed by atoms with Gasteiger partial charge in [-0.3, -0.25) is 0 Å². The van der Waals surface area contributed by atoms with Crippen molar-refractivity contribution in [1.82, 2.24) is 0 Å². The van der Waals surface area contributed by atoms with Gasteiger partial charge >= 0.3 is 7.25 Å². The number of rotatable bonds is 4. The van der Waals surface area contributed by atoms with E-state index in [-0.39, 0.29) is 5.84 Å².